The smallest absolute Gasteiger partial charge is 0.282 e. The SMILES string of the molecule is COc1ccc(NC2=C(c3ccc(C)c(C)c3)C(=O)N(c3ccc(F)cc3)C2=O)cc1Cl. The fourth-order valence-electron chi connectivity index (χ4n) is 3.52. The van der Waals surface area contributed by atoms with Crippen molar-refractivity contribution in [2.75, 3.05) is 17.3 Å². The maximum Gasteiger partial charge on any atom is 0.282 e. The lowest BCUT2D eigenvalue weighted by molar-refractivity contribution is -0.120. The molecule has 2 amide bonds. The minimum absolute atomic E-state index is 0.115. The van der Waals surface area contributed by atoms with E-state index in [1.807, 2.05) is 26.0 Å². The standard InChI is InChI=1S/C25H20ClFN2O3/c1-14-4-5-16(12-15(14)2)22-23(28-18-8-11-21(32-3)20(26)13-18)25(31)29(24(22)30)19-9-6-17(27)7-10-19/h4-13,28H,1-3H3. The van der Waals surface area contributed by atoms with Gasteiger partial charge in [-0.05, 0) is 73.0 Å². The average molecular weight is 451 g/mol. The number of hydrogen-bond donors (Lipinski definition) is 1. The Hall–Kier alpha value is -3.64. The molecule has 0 saturated carbocycles. The molecule has 1 aliphatic rings. The minimum Gasteiger partial charge on any atom is -0.495 e. The van der Waals surface area contributed by atoms with E-state index in [0.717, 1.165) is 16.0 Å². The highest BCUT2D eigenvalue weighted by Crippen LogP contribution is 2.35. The van der Waals surface area contributed by atoms with Crippen molar-refractivity contribution in [2.24, 2.45) is 0 Å². The largest absolute Gasteiger partial charge is 0.495 e. The summed E-state index contributed by atoms with van der Waals surface area (Å²) in [5, 5.41) is 3.42. The number of nitrogens with zero attached hydrogens (tertiary/aromatic N) is 1. The van der Waals surface area contributed by atoms with E-state index in [-0.39, 0.29) is 17.0 Å². The molecule has 1 N–H and O–H groups in total. The Bertz CT molecular complexity index is 1270. The highest BCUT2D eigenvalue weighted by atomic mass is 35.5. The van der Waals surface area contributed by atoms with Gasteiger partial charge in [-0.25, -0.2) is 9.29 Å². The molecule has 0 radical (unpaired) electrons. The zero-order chi connectivity index (χ0) is 23.0. The predicted octanol–water partition coefficient (Wildman–Crippen LogP) is 5.50. The minimum atomic E-state index is -0.540. The number of ether oxygens (including phenoxy) is 1. The number of methoxy groups -OCH3 is 1. The van der Waals surface area contributed by atoms with Crippen LogP contribution >= 0.6 is 11.6 Å². The number of aryl methyl sites for hydroxylation is 2. The van der Waals surface area contributed by atoms with Crippen LogP contribution in [0.2, 0.25) is 5.02 Å². The Labute approximate surface area is 190 Å². The summed E-state index contributed by atoms with van der Waals surface area (Å²) < 4.78 is 18.6. The summed E-state index contributed by atoms with van der Waals surface area (Å²) >= 11 is 6.23. The first-order chi connectivity index (χ1) is 15.3. The van der Waals surface area contributed by atoms with Crippen molar-refractivity contribution in [1.29, 1.82) is 0 Å². The van der Waals surface area contributed by atoms with Gasteiger partial charge in [-0.1, -0.05) is 29.8 Å². The fourth-order valence-corrected chi connectivity index (χ4v) is 3.78. The molecular formula is C25H20ClFN2O3. The lowest BCUT2D eigenvalue weighted by Gasteiger charge is -2.15. The Morgan fingerprint density at radius 1 is 0.906 bits per heavy atom. The molecule has 0 spiro atoms. The van der Waals surface area contributed by atoms with Gasteiger partial charge in [0.1, 0.15) is 17.3 Å². The molecule has 5 nitrogen and oxygen atoms in total. The maximum absolute atomic E-state index is 13.4. The molecule has 0 aromatic heterocycles. The third kappa shape index (κ3) is 3.85. The number of nitrogens with one attached hydrogen (secondary N) is 1. The first-order valence-corrected chi connectivity index (χ1v) is 10.2. The lowest BCUT2D eigenvalue weighted by atomic mass is 9.99. The van der Waals surface area contributed by atoms with Crippen molar-refractivity contribution in [1.82, 2.24) is 0 Å². The van der Waals surface area contributed by atoms with E-state index in [0.29, 0.717) is 22.0 Å². The third-order valence-corrected chi connectivity index (χ3v) is 5.68. The molecule has 0 atom stereocenters. The van der Waals surface area contributed by atoms with Crippen LogP contribution in [-0.4, -0.2) is 18.9 Å². The first kappa shape index (κ1) is 21.6. The van der Waals surface area contributed by atoms with Crippen LogP contribution in [0, 0.1) is 19.7 Å². The van der Waals surface area contributed by atoms with Crippen molar-refractivity contribution < 1.29 is 18.7 Å². The van der Waals surface area contributed by atoms with Gasteiger partial charge >= 0.3 is 0 Å². The number of hydrogen-bond acceptors (Lipinski definition) is 4. The molecule has 0 aliphatic carbocycles. The van der Waals surface area contributed by atoms with Crippen molar-refractivity contribution in [3.8, 4) is 5.75 Å². The Morgan fingerprint density at radius 2 is 1.62 bits per heavy atom. The van der Waals surface area contributed by atoms with E-state index in [9.17, 15) is 14.0 Å². The normalized spacial score (nSPS) is 13.7. The molecule has 0 saturated heterocycles. The van der Waals surface area contributed by atoms with Gasteiger partial charge in [0, 0.05) is 5.69 Å². The number of anilines is 2. The van der Waals surface area contributed by atoms with Crippen LogP contribution in [-0.2, 0) is 9.59 Å². The van der Waals surface area contributed by atoms with Crippen LogP contribution in [0.1, 0.15) is 16.7 Å². The number of amides is 2. The van der Waals surface area contributed by atoms with E-state index < -0.39 is 17.6 Å². The molecule has 1 aliphatic heterocycles. The first-order valence-electron chi connectivity index (χ1n) is 9.87. The van der Waals surface area contributed by atoms with Crippen LogP contribution < -0.4 is 15.0 Å². The molecule has 3 aromatic rings. The molecule has 0 unspecified atom stereocenters. The molecule has 0 bridgehead atoms. The summed E-state index contributed by atoms with van der Waals surface area (Å²) in [5.74, 6) is -1.00. The molecule has 0 fully saturated rings. The number of carbonyl (C=O) groups is 2. The van der Waals surface area contributed by atoms with Crippen LogP contribution in [0.3, 0.4) is 0 Å². The molecule has 162 valence electrons. The van der Waals surface area contributed by atoms with Crippen LogP contribution in [0.25, 0.3) is 5.57 Å². The molecule has 7 heteroatoms. The van der Waals surface area contributed by atoms with Crippen LogP contribution in [0.4, 0.5) is 15.8 Å². The van der Waals surface area contributed by atoms with Gasteiger partial charge in [0.25, 0.3) is 11.8 Å². The maximum atomic E-state index is 13.4. The van der Waals surface area contributed by atoms with Gasteiger partial charge in [-0.3, -0.25) is 9.59 Å². The average Bonchev–Trinajstić information content (AvgIpc) is 3.00. The van der Waals surface area contributed by atoms with Gasteiger partial charge in [-0.2, -0.15) is 0 Å². The van der Waals surface area contributed by atoms with E-state index in [1.54, 1.807) is 24.3 Å². The molecule has 1 heterocycles. The number of rotatable bonds is 5. The van der Waals surface area contributed by atoms with Crippen molar-refractivity contribution >= 4 is 40.4 Å². The quantitative estimate of drug-likeness (QED) is 0.521. The second-order valence-electron chi connectivity index (χ2n) is 7.45. The van der Waals surface area contributed by atoms with Crippen LogP contribution in [0.5, 0.6) is 5.75 Å². The molecule has 3 aromatic carbocycles. The molecule has 4 rings (SSSR count). The van der Waals surface area contributed by atoms with E-state index in [4.69, 9.17) is 16.3 Å². The third-order valence-electron chi connectivity index (χ3n) is 5.39. The molecule has 32 heavy (non-hydrogen) atoms. The summed E-state index contributed by atoms with van der Waals surface area (Å²) in [6.07, 6.45) is 0. The lowest BCUT2D eigenvalue weighted by Crippen LogP contribution is -2.32. The zero-order valence-electron chi connectivity index (χ0n) is 17.7. The summed E-state index contributed by atoms with van der Waals surface area (Å²) in [6.45, 7) is 3.91. The summed E-state index contributed by atoms with van der Waals surface area (Å²) in [5.41, 5.74) is 3.82. The molecular weight excluding hydrogens is 431 g/mol. The van der Waals surface area contributed by atoms with Crippen molar-refractivity contribution in [3.05, 3.63) is 93.9 Å². The summed E-state index contributed by atoms with van der Waals surface area (Å²) in [7, 11) is 1.51. The number of carbonyl (C=O) groups excluding carboxylic acids is 2. The number of imide groups is 1. The van der Waals surface area contributed by atoms with Crippen LogP contribution in [0.15, 0.2) is 66.4 Å². The van der Waals surface area contributed by atoms with E-state index in [1.165, 1.54) is 31.4 Å². The van der Waals surface area contributed by atoms with Gasteiger partial charge in [0.05, 0.1) is 23.4 Å². The second-order valence-corrected chi connectivity index (χ2v) is 7.85. The van der Waals surface area contributed by atoms with Gasteiger partial charge in [0.2, 0.25) is 0 Å². The van der Waals surface area contributed by atoms with Crippen molar-refractivity contribution in [3.63, 3.8) is 0 Å². The summed E-state index contributed by atoms with van der Waals surface area (Å²) in [4.78, 5) is 27.9. The van der Waals surface area contributed by atoms with E-state index in [2.05, 4.69) is 5.32 Å². The topological polar surface area (TPSA) is 58.6 Å². The number of halogens is 2. The van der Waals surface area contributed by atoms with Crippen molar-refractivity contribution in [2.45, 2.75) is 13.8 Å². The monoisotopic (exact) mass is 450 g/mol. The Morgan fingerprint density at radius 3 is 2.25 bits per heavy atom. The Balaban J connectivity index is 1.83. The fraction of sp³-hybridized carbons (Fsp3) is 0.120. The van der Waals surface area contributed by atoms with Gasteiger partial charge < -0.3 is 10.1 Å². The second kappa shape index (κ2) is 8.48. The van der Waals surface area contributed by atoms with E-state index >= 15 is 0 Å². The van der Waals surface area contributed by atoms with Gasteiger partial charge in [-0.15, -0.1) is 0 Å². The highest BCUT2D eigenvalue weighted by Gasteiger charge is 2.40. The highest BCUT2D eigenvalue weighted by molar-refractivity contribution is 6.46. The Kier molecular flexibility index (Phi) is 5.72. The predicted molar refractivity (Wildman–Crippen MR) is 123 cm³/mol. The summed E-state index contributed by atoms with van der Waals surface area (Å²) in [6, 6.07) is 15.8. The zero-order valence-corrected chi connectivity index (χ0v) is 18.5. The number of benzene rings is 3. The van der Waals surface area contributed by atoms with Gasteiger partial charge in [0.15, 0.2) is 0 Å².